The number of alkyl halides is 1. The summed E-state index contributed by atoms with van der Waals surface area (Å²) in [5.74, 6) is -2.17. The van der Waals surface area contributed by atoms with Gasteiger partial charge in [-0.15, -0.1) is 0 Å². The van der Waals surface area contributed by atoms with E-state index in [0.29, 0.717) is 6.29 Å². The van der Waals surface area contributed by atoms with Crippen molar-refractivity contribution in [1.82, 2.24) is 9.61 Å². The number of nitrogens with zero attached hydrogens (tertiary/aromatic N) is 3. The van der Waals surface area contributed by atoms with Crippen molar-refractivity contribution >= 4 is 23.4 Å². The monoisotopic (exact) mass is 388 g/mol. The molecule has 0 unspecified atom stereocenters. The maximum Gasteiger partial charge on any atom is 0.253 e. The molecule has 2 atom stereocenters. The molecule has 2 aromatic heterocycles. The smallest absolute Gasteiger partial charge is 0.253 e. The Kier molecular flexibility index (Phi) is 4.29. The lowest BCUT2D eigenvalue weighted by Gasteiger charge is -2.28. The molecule has 3 aromatic rings. The fourth-order valence-electron chi connectivity index (χ4n) is 3.78. The molecular weight excluding hydrogens is 373 g/mol. The van der Waals surface area contributed by atoms with Crippen LogP contribution < -0.4 is 10.6 Å². The fourth-order valence-corrected chi connectivity index (χ4v) is 3.78. The number of anilines is 1. The Morgan fingerprint density at radius 3 is 2.79 bits per heavy atom. The summed E-state index contributed by atoms with van der Waals surface area (Å²) in [7, 11) is 0. The average Bonchev–Trinajstić information content (AvgIpc) is 3.25. The van der Waals surface area contributed by atoms with Gasteiger partial charge in [-0.25, -0.2) is 17.7 Å². The van der Waals surface area contributed by atoms with Gasteiger partial charge >= 0.3 is 0 Å². The molecule has 9 heteroatoms. The van der Waals surface area contributed by atoms with Crippen LogP contribution in [0.1, 0.15) is 38.7 Å². The minimum atomic E-state index is -1.32. The molecule has 0 bridgehead atoms. The summed E-state index contributed by atoms with van der Waals surface area (Å²) in [5, 5.41) is 3.99. The molecule has 2 N–H and O–H groups in total. The summed E-state index contributed by atoms with van der Waals surface area (Å²) < 4.78 is 43.7. The minimum Gasteiger partial charge on any atom is -0.365 e. The number of carbonyl (C=O) groups excluding carboxylic acids is 2. The maximum atomic E-state index is 14.4. The molecule has 28 heavy (non-hydrogen) atoms. The standard InChI is InChI=1S/C19H15F3N4O2/c20-11-1-2-14(22)13(5-11)16-6-12(21)8-25(16)15-3-4-26-18(17(15)19(23)28)10(9-27)7-24-26/h1-5,7,9,12,16H,6,8H2,(H2,23,28)/t12-,16-/m1/s1. The highest BCUT2D eigenvalue weighted by Gasteiger charge is 2.37. The summed E-state index contributed by atoms with van der Waals surface area (Å²) >= 11 is 0. The van der Waals surface area contributed by atoms with Gasteiger partial charge in [0.1, 0.15) is 17.8 Å². The first-order valence-corrected chi connectivity index (χ1v) is 8.51. The highest BCUT2D eigenvalue weighted by atomic mass is 19.1. The molecule has 1 aliphatic rings. The zero-order valence-electron chi connectivity index (χ0n) is 14.5. The molecule has 1 saturated heterocycles. The second kappa shape index (κ2) is 6.66. The van der Waals surface area contributed by atoms with E-state index in [1.807, 2.05) is 0 Å². The Morgan fingerprint density at radius 2 is 2.07 bits per heavy atom. The SMILES string of the molecule is NC(=O)c1c(N2C[C@H](F)C[C@@H]2c2cc(F)ccc2F)ccn2ncc(C=O)c12. The largest absolute Gasteiger partial charge is 0.365 e. The highest BCUT2D eigenvalue weighted by Crippen LogP contribution is 2.41. The van der Waals surface area contributed by atoms with Crippen molar-refractivity contribution in [2.24, 2.45) is 5.73 Å². The minimum absolute atomic E-state index is 0.0143. The summed E-state index contributed by atoms with van der Waals surface area (Å²) in [4.78, 5) is 25.0. The van der Waals surface area contributed by atoms with Gasteiger partial charge in [0.2, 0.25) is 0 Å². The number of aldehydes is 1. The molecule has 1 aromatic carbocycles. The van der Waals surface area contributed by atoms with Gasteiger partial charge in [-0.3, -0.25) is 9.59 Å². The van der Waals surface area contributed by atoms with E-state index in [-0.39, 0.29) is 40.9 Å². The second-order valence-electron chi connectivity index (χ2n) is 6.62. The van der Waals surface area contributed by atoms with E-state index >= 15 is 0 Å². The van der Waals surface area contributed by atoms with Gasteiger partial charge in [0.15, 0.2) is 6.29 Å². The number of pyridine rings is 1. The third-order valence-corrected chi connectivity index (χ3v) is 4.94. The van der Waals surface area contributed by atoms with Crippen molar-refractivity contribution in [3.63, 3.8) is 0 Å². The van der Waals surface area contributed by atoms with Crippen LogP contribution in [-0.4, -0.2) is 34.5 Å². The van der Waals surface area contributed by atoms with Crippen LogP contribution in [0, 0.1) is 11.6 Å². The zero-order valence-corrected chi connectivity index (χ0v) is 14.5. The molecule has 6 nitrogen and oxygen atoms in total. The van der Waals surface area contributed by atoms with Crippen molar-refractivity contribution < 1.29 is 22.8 Å². The van der Waals surface area contributed by atoms with Crippen LogP contribution in [0.5, 0.6) is 0 Å². The molecule has 0 aliphatic carbocycles. The van der Waals surface area contributed by atoms with E-state index in [1.54, 1.807) is 0 Å². The van der Waals surface area contributed by atoms with Gasteiger partial charge in [0, 0.05) is 24.7 Å². The van der Waals surface area contributed by atoms with E-state index in [2.05, 4.69) is 5.10 Å². The topological polar surface area (TPSA) is 80.7 Å². The van der Waals surface area contributed by atoms with Gasteiger partial charge in [0.25, 0.3) is 5.91 Å². The Balaban J connectivity index is 1.92. The van der Waals surface area contributed by atoms with Gasteiger partial charge < -0.3 is 10.6 Å². The fraction of sp³-hybridized carbons (Fsp3) is 0.211. The van der Waals surface area contributed by atoms with Crippen LogP contribution >= 0.6 is 0 Å². The summed E-state index contributed by atoms with van der Waals surface area (Å²) in [6.07, 6.45) is 1.91. The van der Waals surface area contributed by atoms with Crippen molar-refractivity contribution in [3.8, 4) is 0 Å². The number of halogens is 3. The first-order valence-electron chi connectivity index (χ1n) is 8.51. The zero-order chi connectivity index (χ0) is 20.0. The van der Waals surface area contributed by atoms with Crippen molar-refractivity contribution in [2.45, 2.75) is 18.6 Å². The quantitative estimate of drug-likeness (QED) is 0.697. The van der Waals surface area contributed by atoms with Crippen LogP contribution in [0.25, 0.3) is 5.52 Å². The van der Waals surface area contributed by atoms with E-state index in [0.717, 1.165) is 18.2 Å². The van der Waals surface area contributed by atoms with Crippen LogP contribution in [0.2, 0.25) is 0 Å². The third kappa shape index (κ3) is 2.79. The Labute approximate surface area is 157 Å². The summed E-state index contributed by atoms with van der Waals surface area (Å²) in [6.45, 7) is -0.137. The number of fused-ring (bicyclic) bond motifs is 1. The van der Waals surface area contributed by atoms with Crippen molar-refractivity contribution in [2.75, 3.05) is 11.4 Å². The number of nitrogens with two attached hydrogens (primary N) is 1. The van der Waals surface area contributed by atoms with Gasteiger partial charge in [-0.05, 0) is 24.3 Å². The van der Waals surface area contributed by atoms with E-state index < -0.39 is 29.8 Å². The van der Waals surface area contributed by atoms with Crippen LogP contribution in [0.4, 0.5) is 18.9 Å². The molecular formula is C19H15F3N4O2. The van der Waals surface area contributed by atoms with Crippen LogP contribution in [0.3, 0.4) is 0 Å². The first kappa shape index (κ1) is 18.0. The lowest BCUT2D eigenvalue weighted by atomic mass is 10.0. The van der Waals surface area contributed by atoms with E-state index in [4.69, 9.17) is 5.73 Å². The molecule has 1 amide bonds. The summed E-state index contributed by atoms with van der Waals surface area (Å²) in [6, 6.07) is 3.64. The molecule has 0 spiro atoms. The molecule has 0 saturated carbocycles. The number of amides is 1. The number of rotatable bonds is 4. The lowest BCUT2D eigenvalue weighted by molar-refractivity contribution is 0.100. The first-order chi connectivity index (χ1) is 13.4. The number of carbonyl (C=O) groups is 2. The van der Waals surface area contributed by atoms with Gasteiger partial charge in [0.05, 0.1) is 34.6 Å². The predicted octanol–water partition coefficient (Wildman–Crippen LogP) is 2.81. The molecule has 1 fully saturated rings. The number of benzene rings is 1. The maximum absolute atomic E-state index is 14.4. The average molecular weight is 388 g/mol. The second-order valence-corrected chi connectivity index (χ2v) is 6.62. The Bertz CT molecular complexity index is 1100. The number of hydrogen-bond donors (Lipinski definition) is 1. The number of hydrogen-bond acceptors (Lipinski definition) is 4. The van der Waals surface area contributed by atoms with Crippen molar-refractivity contribution in [1.29, 1.82) is 0 Å². The van der Waals surface area contributed by atoms with Crippen molar-refractivity contribution in [3.05, 3.63) is 65.0 Å². The third-order valence-electron chi connectivity index (χ3n) is 4.94. The van der Waals surface area contributed by atoms with Gasteiger partial charge in [-0.2, -0.15) is 5.10 Å². The number of primary amides is 1. The molecule has 1 aliphatic heterocycles. The lowest BCUT2D eigenvalue weighted by Crippen LogP contribution is -2.28. The van der Waals surface area contributed by atoms with Crippen LogP contribution in [-0.2, 0) is 0 Å². The number of aromatic nitrogens is 2. The van der Waals surface area contributed by atoms with Crippen LogP contribution in [0.15, 0.2) is 36.7 Å². The van der Waals surface area contributed by atoms with Gasteiger partial charge in [-0.1, -0.05) is 0 Å². The highest BCUT2D eigenvalue weighted by molar-refractivity contribution is 6.08. The molecule has 144 valence electrons. The van der Waals surface area contributed by atoms with E-state index in [1.165, 1.54) is 27.9 Å². The Hall–Kier alpha value is -3.36. The normalized spacial score (nSPS) is 19.3. The summed E-state index contributed by atoms with van der Waals surface area (Å²) in [5.41, 5.74) is 6.06. The van der Waals surface area contributed by atoms with E-state index in [9.17, 15) is 22.8 Å². The Morgan fingerprint density at radius 1 is 1.29 bits per heavy atom. The predicted molar refractivity (Wildman–Crippen MR) is 95.1 cm³/mol. The molecule has 4 rings (SSSR count). The molecule has 0 radical (unpaired) electrons. The molecule has 3 heterocycles.